The first-order valence-corrected chi connectivity index (χ1v) is 10.0. The van der Waals surface area contributed by atoms with Gasteiger partial charge < -0.3 is 14.0 Å². The summed E-state index contributed by atoms with van der Waals surface area (Å²) < 4.78 is 16.7. The van der Waals surface area contributed by atoms with Crippen molar-refractivity contribution in [2.45, 2.75) is 13.5 Å². The number of hydrogen-bond donors (Lipinski definition) is 0. The topological polar surface area (TPSA) is 57.4 Å². The summed E-state index contributed by atoms with van der Waals surface area (Å²) in [6.07, 6.45) is 3.73. The monoisotopic (exact) mass is 404 g/mol. The van der Waals surface area contributed by atoms with Crippen LogP contribution in [-0.4, -0.2) is 17.3 Å². The highest BCUT2D eigenvalue weighted by atomic mass is 32.1. The Morgan fingerprint density at radius 3 is 2.79 bits per heavy atom. The lowest BCUT2D eigenvalue weighted by Crippen LogP contribution is -1.99. The molecule has 0 amide bonds. The molecule has 0 aliphatic carbocycles. The van der Waals surface area contributed by atoms with E-state index in [4.69, 9.17) is 14.0 Å². The SMILES string of the molecule is COc1ccc(/C=C\c2nc(-c3cccs3)no2)cc1COc1cccc(C)c1. The largest absolute Gasteiger partial charge is 0.496 e. The summed E-state index contributed by atoms with van der Waals surface area (Å²) in [6, 6.07) is 17.8. The zero-order valence-electron chi connectivity index (χ0n) is 16.2. The number of thiophene rings is 1. The van der Waals surface area contributed by atoms with Crippen LogP contribution in [-0.2, 0) is 6.61 Å². The summed E-state index contributed by atoms with van der Waals surface area (Å²) in [5, 5.41) is 6.00. The van der Waals surface area contributed by atoms with Crippen LogP contribution in [0, 0.1) is 6.92 Å². The van der Waals surface area contributed by atoms with Gasteiger partial charge in [0.2, 0.25) is 5.82 Å². The van der Waals surface area contributed by atoms with Gasteiger partial charge in [-0.25, -0.2) is 0 Å². The molecule has 4 aromatic rings. The molecule has 0 aliphatic rings. The van der Waals surface area contributed by atoms with Gasteiger partial charge in [0.25, 0.3) is 5.89 Å². The predicted octanol–water partition coefficient (Wildman–Crippen LogP) is 5.86. The average molecular weight is 404 g/mol. The molecular formula is C23H20N2O3S. The number of benzene rings is 2. The van der Waals surface area contributed by atoms with Crippen LogP contribution in [0.2, 0.25) is 0 Å². The van der Waals surface area contributed by atoms with E-state index >= 15 is 0 Å². The minimum Gasteiger partial charge on any atom is -0.496 e. The van der Waals surface area contributed by atoms with Crippen LogP contribution in [0.4, 0.5) is 0 Å². The van der Waals surface area contributed by atoms with Crippen LogP contribution in [0.5, 0.6) is 11.5 Å². The highest BCUT2D eigenvalue weighted by molar-refractivity contribution is 7.13. The van der Waals surface area contributed by atoms with Crippen molar-refractivity contribution in [1.29, 1.82) is 0 Å². The van der Waals surface area contributed by atoms with Gasteiger partial charge in [-0.1, -0.05) is 29.4 Å². The van der Waals surface area contributed by atoms with E-state index in [9.17, 15) is 0 Å². The fourth-order valence-electron chi connectivity index (χ4n) is 2.86. The van der Waals surface area contributed by atoms with Crippen molar-refractivity contribution in [3.05, 3.63) is 82.6 Å². The molecule has 5 nitrogen and oxygen atoms in total. The van der Waals surface area contributed by atoms with E-state index in [0.29, 0.717) is 18.3 Å². The maximum Gasteiger partial charge on any atom is 0.250 e. The van der Waals surface area contributed by atoms with Crippen LogP contribution < -0.4 is 9.47 Å². The number of ether oxygens (including phenoxy) is 2. The fraction of sp³-hybridized carbons (Fsp3) is 0.130. The van der Waals surface area contributed by atoms with E-state index in [1.54, 1.807) is 24.5 Å². The minimum atomic E-state index is 0.414. The molecule has 29 heavy (non-hydrogen) atoms. The molecule has 0 unspecified atom stereocenters. The number of methoxy groups -OCH3 is 1. The summed E-state index contributed by atoms with van der Waals surface area (Å²) in [6.45, 7) is 2.46. The van der Waals surface area contributed by atoms with Gasteiger partial charge in [-0.3, -0.25) is 0 Å². The molecule has 146 valence electrons. The molecule has 0 spiro atoms. The lowest BCUT2D eigenvalue weighted by atomic mass is 10.1. The number of rotatable bonds is 7. The first kappa shape index (κ1) is 19.0. The zero-order chi connectivity index (χ0) is 20.1. The van der Waals surface area contributed by atoms with Crippen LogP contribution in [0.15, 0.2) is 64.5 Å². The Morgan fingerprint density at radius 2 is 2.00 bits per heavy atom. The van der Waals surface area contributed by atoms with Crippen LogP contribution in [0.3, 0.4) is 0 Å². The molecule has 0 N–H and O–H groups in total. The lowest BCUT2D eigenvalue weighted by Gasteiger charge is -2.11. The maximum atomic E-state index is 5.93. The Hall–Kier alpha value is -3.38. The molecule has 4 rings (SSSR count). The van der Waals surface area contributed by atoms with Crippen LogP contribution in [0.25, 0.3) is 22.9 Å². The molecule has 0 fully saturated rings. The molecular weight excluding hydrogens is 384 g/mol. The normalized spacial score (nSPS) is 11.1. The number of aryl methyl sites for hydroxylation is 1. The Labute approximate surface area is 173 Å². The molecule has 6 heteroatoms. The third-order valence-electron chi connectivity index (χ3n) is 4.29. The van der Waals surface area contributed by atoms with Gasteiger partial charge in [-0.05, 0) is 59.8 Å². The highest BCUT2D eigenvalue weighted by Crippen LogP contribution is 2.25. The fourth-order valence-corrected chi connectivity index (χ4v) is 3.51. The first-order chi connectivity index (χ1) is 14.2. The van der Waals surface area contributed by atoms with Crippen molar-refractivity contribution in [2.24, 2.45) is 0 Å². The molecule has 0 saturated carbocycles. The third-order valence-corrected chi connectivity index (χ3v) is 5.16. The van der Waals surface area contributed by atoms with Crippen molar-refractivity contribution in [1.82, 2.24) is 10.1 Å². The van der Waals surface area contributed by atoms with E-state index in [1.165, 1.54) is 0 Å². The second kappa shape index (κ2) is 8.75. The molecule has 0 saturated heterocycles. The van der Waals surface area contributed by atoms with Gasteiger partial charge in [0, 0.05) is 11.6 Å². The van der Waals surface area contributed by atoms with E-state index < -0.39 is 0 Å². The lowest BCUT2D eigenvalue weighted by molar-refractivity contribution is 0.296. The molecule has 0 radical (unpaired) electrons. The summed E-state index contributed by atoms with van der Waals surface area (Å²) in [7, 11) is 1.66. The summed E-state index contributed by atoms with van der Waals surface area (Å²) in [4.78, 5) is 5.38. The second-order valence-corrected chi connectivity index (χ2v) is 7.39. The summed E-state index contributed by atoms with van der Waals surface area (Å²) in [5.41, 5.74) is 3.11. The van der Waals surface area contributed by atoms with Gasteiger partial charge in [0.05, 0.1) is 12.0 Å². The Morgan fingerprint density at radius 1 is 1.07 bits per heavy atom. The van der Waals surface area contributed by atoms with Crippen molar-refractivity contribution >= 4 is 23.5 Å². The molecule has 2 heterocycles. The van der Waals surface area contributed by atoms with Gasteiger partial charge in [0.1, 0.15) is 18.1 Å². The molecule has 2 aromatic carbocycles. The van der Waals surface area contributed by atoms with E-state index in [2.05, 4.69) is 10.1 Å². The standard InChI is InChI=1S/C23H20N2O3S/c1-16-5-3-6-19(13-16)27-15-18-14-17(8-10-20(18)26-2)9-11-22-24-23(25-28-22)21-7-4-12-29-21/h3-14H,15H2,1-2H3/b11-9-. The van der Waals surface area contributed by atoms with Crippen molar-refractivity contribution in [3.8, 4) is 22.2 Å². The minimum absolute atomic E-state index is 0.414. The predicted molar refractivity (Wildman–Crippen MR) is 115 cm³/mol. The molecule has 0 aliphatic heterocycles. The molecule has 0 atom stereocenters. The van der Waals surface area contributed by atoms with Crippen molar-refractivity contribution in [3.63, 3.8) is 0 Å². The molecule has 2 aromatic heterocycles. The highest BCUT2D eigenvalue weighted by Gasteiger charge is 2.08. The van der Waals surface area contributed by atoms with Crippen molar-refractivity contribution in [2.75, 3.05) is 7.11 Å². The molecule has 0 bridgehead atoms. The average Bonchev–Trinajstić information content (AvgIpc) is 3.42. The van der Waals surface area contributed by atoms with Crippen LogP contribution in [0.1, 0.15) is 22.6 Å². The summed E-state index contributed by atoms with van der Waals surface area (Å²) >= 11 is 1.58. The quantitative estimate of drug-likeness (QED) is 0.386. The van der Waals surface area contributed by atoms with Crippen molar-refractivity contribution < 1.29 is 14.0 Å². The summed E-state index contributed by atoms with van der Waals surface area (Å²) in [5.74, 6) is 2.68. The maximum absolute atomic E-state index is 5.93. The number of aromatic nitrogens is 2. The Kier molecular flexibility index (Phi) is 5.72. The zero-order valence-corrected chi connectivity index (χ0v) is 17.0. The second-order valence-electron chi connectivity index (χ2n) is 6.44. The van der Waals surface area contributed by atoms with E-state index in [1.807, 2.05) is 73.0 Å². The Balaban J connectivity index is 1.49. The van der Waals surface area contributed by atoms with E-state index in [-0.39, 0.29) is 0 Å². The number of nitrogens with zero attached hydrogens (tertiary/aromatic N) is 2. The smallest absolute Gasteiger partial charge is 0.250 e. The van der Waals surface area contributed by atoms with Crippen LogP contribution >= 0.6 is 11.3 Å². The Bertz CT molecular complexity index is 1120. The number of hydrogen-bond acceptors (Lipinski definition) is 6. The van der Waals surface area contributed by atoms with Gasteiger partial charge in [-0.15, -0.1) is 11.3 Å². The van der Waals surface area contributed by atoms with Gasteiger partial charge in [0.15, 0.2) is 0 Å². The van der Waals surface area contributed by atoms with E-state index in [0.717, 1.165) is 33.1 Å². The third kappa shape index (κ3) is 4.73. The first-order valence-electron chi connectivity index (χ1n) is 9.13. The van der Waals surface area contributed by atoms with Gasteiger partial charge >= 0.3 is 0 Å². The van der Waals surface area contributed by atoms with Gasteiger partial charge in [-0.2, -0.15) is 4.98 Å².